The van der Waals surface area contributed by atoms with Crippen LogP contribution < -0.4 is 22.9 Å². The largest absolute Gasteiger partial charge is 0.412 e. The van der Waals surface area contributed by atoms with Crippen molar-refractivity contribution in [2.75, 3.05) is 210 Å². The van der Waals surface area contributed by atoms with Crippen LogP contribution in [-0.2, 0) is 18.9 Å². The summed E-state index contributed by atoms with van der Waals surface area (Å²) in [6, 6.07) is 0. The van der Waals surface area contributed by atoms with Crippen LogP contribution in [-0.4, -0.2) is 255 Å². The van der Waals surface area contributed by atoms with Crippen molar-refractivity contribution in [3.63, 3.8) is 0 Å². The number of rotatable bonds is 40. The Hall–Kier alpha value is -0.640. The Kier molecular flexibility index (Phi) is 32.6. The molecule has 0 unspecified atom stereocenters. The third kappa shape index (κ3) is 26.2. The summed E-state index contributed by atoms with van der Waals surface area (Å²) >= 11 is 0. The van der Waals surface area contributed by atoms with Gasteiger partial charge in [0.05, 0.1) is 26.4 Å². The van der Waals surface area contributed by atoms with Crippen molar-refractivity contribution in [3.8, 4) is 0 Å². The van der Waals surface area contributed by atoms with Crippen molar-refractivity contribution in [1.29, 1.82) is 0 Å². The first-order valence-corrected chi connectivity index (χ1v) is 27.2. The predicted molar refractivity (Wildman–Crippen MR) is 268 cm³/mol. The highest BCUT2D eigenvalue weighted by Crippen LogP contribution is 2.23. The van der Waals surface area contributed by atoms with E-state index in [1.54, 1.807) is 0 Å². The lowest BCUT2D eigenvalue weighted by atomic mass is 10.2. The first-order chi connectivity index (χ1) is 32.0. The molecule has 4 aliphatic heterocycles. The average Bonchev–Trinajstić information content (AvgIpc) is 3.32. The molecule has 0 aromatic rings. The van der Waals surface area contributed by atoms with E-state index < -0.39 is 6.16 Å². The first kappa shape index (κ1) is 56.9. The topological polar surface area (TPSA) is 167 Å². The zero-order valence-corrected chi connectivity index (χ0v) is 42.0. The Labute approximate surface area is 398 Å². The smallest absolute Gasteiger partial charge is 0.329 e. The molecule has 0 amide bonds. The van der Waals surface area contributed by atoms with Crippen molar-refractivity contribution in [2.24, 2.45) is 22.9 Å². The Morgan fingerprint density at radius 1 is 0.231 bits per heavy atom. The molecule has 4 heterocycles. The Balaban J connectivity index is 1.21. The zero-order valence-electron chi connectivity index (χ0n) is 42.0. The van der Waals surface area contributed by atoms with Gasteiger partial charge >= 0.3 is 6.16 Å². The van der Waals surface area contributed by atoms with Crippen LogP contribution in [0.25, 0.3) is 0 Å². The summed E-state index contributed by atoms with van der Waals surface area (Å²) in [6.07, 6.45) is 16.7. The maximum Gasteiger partial charge on any atom is 0.412 e. The molecule has 16 nitrogen and oxygen atoms in total. The van der Waals surface area contributed by atoms with E-state index in [0.717, 1.165) is 208 Å². The molecule has 0 spiro atoms. The van der Waals surface area contributed by atoms with E-state index in [1.807, 2.05) is 0 Å². The number of piperazine rings is 4. The van der Waals surface area contributed by atoms with Gasteiger partial charge in [0.2, 0.25) is 0 Å². The van der Waals surface area contributed by atoms with E-state index in [0.29, 0.717) is 26.4 Å². The van der Waals surface area contributed by atoms with Crippen LogP contribution in [0.5, 0.6) is 0 Å². The molecule has 384 valence electrons. The Morgan fingerprint density at radius 2 is 0.400 bits per heavy atom. The SMILES string of the molecule is NCCN1CCN(CCCCCCOC(OCCCCCCN2CCN(CCN)CC2)(OCCCCCCN2CCN(CCN)CC2)OCCCCCCN2CCN(CCN)CC2)CC1. The van der Waals surface area contributed by atoms with E-state index >= 15 is 0 Å². The number of nitrogens with two attached hydrogens (primary N) is 4. The molecule has 0 saturated carbocycles. The molecule has 65 heavy (non-hydrogen) atoms. The third-order valence-corrected chi connectivity index (χ3v) is 14.2. The maximum atomic E-state index is 6.61. The second-order valence-electron chi connectivity index (χ2n) is 19.4. The number of ether oxygens (including phenoxy) is 4. The summed E-state index contributed by atoms with van der Waals surface area (Å²) in [6.45, 7) is 32.5. The second kappa shape index (κ2) is 37.2. The summed E-state index contributed by atoms with van der Waals surface area (Å²) in [4.78, 5) is 20.4. The molecular formula is C49H104N12O4. The zero-order chi connectivity index (χ0) is 45.9. The maximum absolute atomic E-state index is 6.61. The molecule has 4 aliphatic rings. The average molecular weight is 925 g/mol. The van der Waals surface area contributed by atoms with Gasteiger partial charge in [0.15, 0.2) is 0 Å². The van der Waals surface area contributed by atoms with Crippen LogP contribution in [0.3, 0.4) is 0 Å². The van der Waals surface area contributed by atoms with Crippen LogP contribution in [0.15, 0.2) is 0 Å². The Bertz CT molecular complexity index is 908. The van der Waals surface area contributed by atoms with Gasteiger partial charge in [0.25, 0.3) is 0 Å². The van der Waals surface area contributed by atoms with E-state index in [1.165, 1.54) is 77.5 Å². The summed E-state index contributed by atoms with van der Waals surface area (Å²) in [5.41, 5.74) is 23.1. The fraction of sp³-hybridized carbons (Fsp3) is 1.00. The summed E-state index contributed by atoms with van der Waals surface area (Å²) in [5.74, 6) is 0. The van der Waals surface area contributed by atoms with Crippen LogP contribution >= 0.6 is 0 Å². The van der Waals surface area contributed by atoms with Gasteiger partial charge in [-0.2, -0.15) is 0 Å². The third-order valence-electron chi connectivity index (χ3n) is 14.2. The monoisotopic (exact) mass is 925 g/mol. The number of unbranched alkanes of at least 4 members (excludes halogenated alkanes) is 12. The van der Waals surface area contributed by atoms with Crippen molar-refractivity contribution < 1.29 is 18.9 Å². The first-order valence-electron chi connectivity index (χ1n) is 27.2. The van der Waals surface area contributed by atoms with E-state index in [2.05, 4.69) is 39.2 Å². The fourth-order valence-corrected chi connectivity index (χ4v) is 9.88. The quantitative estimate of drug-likeness (QED) is 0.0522. The number of hydrogen-bond acceptors (Lipinski definition) is 16. The highest BCUT2D eigenvalue weighted by Gasteiger charge is 2.36. The van der Waals surface area contributed by atoms with Gasteiger partial charge in [-0.25, -0.2) is 0 Å². The lowest BCUT2D eigenvalue weighted by molar-refractivity contribution is -0.499. The predicted octanol–water partition coefficient (Wildman–Crippen LogP) is 2.21. The molecule has 16 heteroatoms. The molecule has 4 rings (SSSR count). The molecule has 0 radical (unpaired) electrons. The molecule has 8 N–H and O–H groups in total. The minimum absolute atomic E-state index is 0.577. The molecule has 0 aromatic heterocycles. The number of nitrogens with zero attached hydrogens (tertiary/aromatic N) is 8. The van der Waals surface area contributed by atoms with Crippen LogP contribution in [0, 0.1) is 0 Å². The van der Waals surface area contributed by atoms with Crippen LogP contribution in [0.2, 0.25) is 0 Å². The van der Waals surface area contributed by atoms with Gasteiger partial charge < -0.3 is 61.5 Å². The minimum Gasteiger partial charge on any atom is -0.329 e. The van der Waals surface area contributed by atoms with E-state index in [9.17, 15) is 0 Å². The van der Waals surface area contributed by atoms with Gasteiger partial charge in [0.1, 0.15) is 0 Å². The highest BCUT2D eigenvalue weighted by molar-refractivity contribution is 4.75. The minimum atomic E-state index is -1.43. The van der Waals surface area contributed by atoms with Crippen molar-refractivity contribution in [3.05, 3.63) is 0 Å². The van der Waals surface area contributed by atoms with Gasteiger partial charge in [-0.3, -0.25) is 19.6 Å². The van der Waals surface area contributed by atoms with Crippen LogP contribution in [0.4, 0.5) is 0 Å². The summed E-state index contributed by atoms with van der Waals surface area (Å²) in [5, 5.41) is 0. The molecule has 4 saturated heterocycles. The molecule has 0 atom stereocenters. The molecule has 0 aliphatic carbocycles. The van der Waals surface area contributed by atoms with Crippen molar-refractivity contribution >= 4 is 0 Å². The normalized spacial score (nSPS) is 20.1. The van der Waals surface area contributed by atoms with Gasteiger partial charge in [-0.05, 0) is 77.5 Å². The number of hydrogen-bond donors (Lipinski definition) is 4. The lowest BCUT2D eigenvalue weighted by Crippen LogP contribution is -2.47. The fourth-order valence-electron chi connectivity index (χ4n) is 9.88. The highest BCUT2D eigenvalue weighted by atomic mass is 17.0. The van der Waals surface area contributed by atoms with Crippen LogP contribution in [0.1, 0.15) is 103 Å². The summed E-state index contributed by atoms with van der Waals surface area (Å²) < 4.78 is 26.4. The second-order valence-corrected chi connectivity index (χ2v) is 19.4. The summed E-state index contributed by atoms with van der Waals surface area (Å²) in [7, 11) is 0. The van der Waals surface area contributed by atoms with E-state index in [4.69, 9.17) is 41.9 Å². The molecule has 0 bridgehead atoms. The molecule has 0 aromatic carbocycles. The molecule has 4 fully saturated rings. The standard InChI is InChI=1S/C49H104N12O4/c50-17-25-58-37-29-54(30-38-58)21-9-1-5-13-45-62-49(63-46-14-6-2-10-22-55-31-39-59(26-18-51)40-32-55,64-47-15-7-3-11-23-56-33-41-60(27-19-52)42-34-56)65-48-16-8-4-12-24-57-35-43-61(28-20-53)44-36-57/h1-48,50-53H2. The molecular weight excluding hydrogens is 821 g/mol. The van der Waals surface area contributed by atoms with Gasteiger partial charge in [0, 0.05) is 157 Å². The van der Waals surface area contributed by atoms with E-state index in [-0.39, 0.29) is 0 Å². The van der Waals surface area contributed by atoms with Gasteiger partial charge in [-0.15, -0.1) is 0 Å². The Morgan fingerprint density at radius 3 is 0.585 bits per heavy atom. The van der Waals surface area contributed by atoms with Crippen molar-refractivity contribution in [2.45, 2.75) is 109 Å². The lowest BCUT2D eigenvalue weighted by Gasteiger charge is -2.34. The van der Waals surface area contributed by atoms with Gasteiger partial charge in [-0.1, -0.05) is 51.4 Å². The van der Waals surface area contributed by atoms with Crippen molar-refractivity contribution in [1.82, 2.24) is 39.2 Å².